The Hall–Kier alpha value is -0.860. The smallest absolute Gasteiger partial charge is 0.251 e. The number of hydrogen-bond donors (Lipinski definition) is 0. The maximum atomic E-state index is 12.0. The molecule has 2 unspecified atom stereocenters. The molecular weight excluding hydrogens is 176 g/mol. The third kappa shape index (κ3) is 1.45. The van der Waals surface area contributed by atoms with E-state index in [9.17, 15) is 4.79 Å². The van der Waals surface area contributed by atoms with Crippen LogP contribution in [0.15, 0.2) is 5.10 Å². The van der Waals surface area contributed by atoms with Crippen molar-refractivity contribution >= 4 is 11.6 Å². The first-order chi connectivity index (χ1) is 6.74. The van der Waals surface area contributed by atoms with Gasteiger partial charge in [0, 0.05) is 0 Å². The summed E-state index contributed by atoms with van der Waals surface area (Å²) >= 11 is 0. The molecule has 2 aliphatic rings. The summed E-state index contributed by atoms with van der Waals surface area (Å²) in [5.41, 5.74) is 1.14. The topological polar surface area (TPSA) is 32.7 Å². The summed E-state index contributed by atoms with van der Waals surface area (Å²) in [5.74, 6) is 0.381. The largest absolute Gasteiger partial charge is 0.272 e. The van der Waals surface area contributed by atoms with Crippen LogP contribution in [-0.2, 0) is 4.79 Å². The highest BCUT2D eigenvalue weighted by atomic mass is 16.2. The van der Waals surface area contributed by atoms with Crippen molar-refractivity contribution in [1.29, 1.82) is 0 Å². The zero-order chi connectivity index (χ0) is 10.1. The van der Waals surface area contributed by atoms with Crippen LogP contribution in [0.25, 0.3) is 0 Å². The average Bonchev–Trinajstić information content (AvgIpc) is 2.56. The number of fused-ring (bicyclic) bond motifs is 1. The molecule has 14 heavy (non-hydrogen) atoms. The minimum atomic E-state index is 0.137. The molecule has 1 heterocycles. The van der Waals surface area contributed by atoms with Gasteiger partial charge in [0.1, 0.15) is 0 Å². The summed E-state index contributed by atoms with van der Waals surface area (Å²) in [4.78, 5) is 12.0. The Balaban J connectivity index is 2.15. The van der Waals surface area contributed by atoms with E-state index in [1.54, 1.807) is 5.01 Å². The fourth-order valence-corrected chi connectivity index (χ4v) is 2.22. The molecule has 78 valence electrons. The number of carbonyl (C=O) groups is 1. The number of nitrogens with zero attached hydrogens (tertiary/aromatic N) is 2. The van der Waals surface area contributed by atoms with Crippen molar-refractivity contribution in [3.05, 3.63) is 0 Å². The van der Waals surface area contributed by atoms with Crippen molar-refractivity contribution in [2.24, 2.45) is 11.0 Å². The minimum Gasteiger partial charge on any atom is -0.272 e. The molecule has 1 saturated carbocycles. The fourth-order valence-electron chi connectivity index (χ4n) is 2.22. The van der Waals surface area contributed by atoms with Crippen molar-refractivity contribution in [3.63, 3.8) is 0 Å². The zero-order valence-corrected chi connectivity index (χ0v) is 8.99. The number of rotatable bonds is 2. The van der Waals surface area contributed by atoms with Gasteiger partial charge in [-0.3, -0.25) is 4.79 Å². The molecule has 1 aliphatic heterocycles. The predicted octanol–water partition coefficient (Wildman–Crippen LogP) is 2.17. The van der Waals surface area contributed by atoms with E-state index in [2.05, 4.69) is 18.9 Å². The second kappa shape index (κ2) is 3.71. The van der Waals surface area contributed by atoms with Crippen molar-refractivity contribution in [3.8, 4) is 0 Å². The number of carbonyl (C=O) groups excluding carboxylic acids is 1. The lowest BCUT2D eigenvalue weighted by atomic mass is 9.87. The van der Waals surface area contributed by atoms with Crippen LogP contribution in [0.5, 0.6) is 0 Å². The monoisotopic (exact) mass is 194 g/mol. The summed E-state index contributed by atoms with van der Waals surface area (Å²) in [5, 5.41) is 6.18. The normalized spacial score (nSPS) is 28.7. The van der Waals surface area contributed by atoms with Crippen LogP contribution in [0.3, 0.4) is 0 Å². The highest BCUT2D eigenvalue weighted by Gasteiger charge is 2.38. The van der Waals surface area contributed by atoms with Gasteiger partial charge in [-0.15, -0.1) is 0 Å². The van der Waals surface area contributed by atoms with Crippen LogP contribution in [0.2, 0.25) is 0 Å². The zero-order valence-electron chi connectivity index (χ0n) is 8.99. The molecule has 2 rings (SSSR count). The van der Waals surface area contributed by atoms with E-state index in [-0.39, 0.29) is 17.9 Å². The van der Waals surface area contributed by atoms with E-state index < -0.39 is 0 Å². The summed E-state index contributed by atoms with van der Waals surface area (Å²) in [6, 6.07) is 0.264. The van der Waals surface area contributed by atoms with Gasteiger partial charge in [0.15, 0.2) is 0 Å². The second-order valence-corrected chi connectivity index (χ2v) is 4.33. The van der Waals surface area contributed by atoms with E-state index in [0.717, 1.165) is 25.0 Å². The van der Waals surface area contributed by atoms with Crippen LogP contribution >= 0.6 is 0 Å². The Morgan fingerprint density at radius 1 is 1.57 bits per heavy atom. The molecule has 0 radical (unpaired) electrons. The standard InChI is InChI=1S/C11H18N2O/c1-3-8(2)13-11(14)9-6-4-5-7-10(9)12-13/h8-9H,3-7H2,1-2H3. The van der Waals surface area contributed by atoms with Crippen LogP contribution < -0.4 is 0 Å². The number of amides is 1. The van der Waals surface area contributed by atoms with Crippen molar-refractivity contribution in [1.82, 2.24) is 5.01 Å². The summed E-state index contributed by atoms with van der Waals surface area (Å²) in [7, 11) is 0. The van der Waals surface area contributed by atoms with E-state index in [1.807, 2.05) is 0 Å². The Morgan fingerprint density at radius 2 is 2.36 bits per heavy atom. The van der Waals surface area contributed by atoms with Gasteiger partial charge in [0.05, 0.1) is 17.7 Å². The lowest BCUT2D eigenvalue weighted by Crippen LogP contribution is -2.34. The Morgan fingerprint density at radius 3 is 3.00 bits per heavy atom. The fraction of sp³-hybridized carbons (Fsp3) is 0.818. The first-order valence-corrected chi connectivity index (χ1v) is 5.64. The van der Waals surface area contributed by atoms with Crippen molar-refractivity contribution < 1.29 is 4.79 Å². The first-order valence-electron chi connectivity index (χ1n) is 5.64. The van der Waals surface area contributed by atoms with Crippen molar-refractivity contribution in [2.75, 3.05) is 0 Å². The van der Waals surface area contributed by atoms with Gasteiger partial charge in [0.25, 0.3) is 5.91 Å². The molecule has 0 aromatic carbocycles. The highest BCUT2D eigenvalue weighted by molar-refractivity contribution is 6.08. The SMILES string of the molecule is CCC(C)N1N=C2CCCCC2C1=O. The Bertz CT molecular complexity index is 272. The van der Waals surface area contributed by atoms with Crippen LogP contribution in [0.4, 0.5) is 0 Å². The molecule has 1 aliphatic carbocycles. The summed E-state index contributed by atoms with van der Waals surface area (Å²) in [6.45, 7) is 4.17. The van der Waals surface area contributed by atoms with Gasteiger partial charge < -0.3 is 0 Å². The lowest BCUT2D eigenvalue weighted by molar-refractivity contribution is -0.133. The maximum absolute atomic E-state index is 12.0. The third-order valence-electron chi connectivity index (χ3n) is 3.35. The predicted molar refractivity (Wildman–Crippen MR) is 56.0 cm³/mol. The number of hydrazone groups is 1. The van der Waals surface area contributed by atoms with Gasteiger partial charge in [0.2, 0.25) is 0 Å². The molecule has 1 fully saturated rings. The lowest BCUT2D eigenvalue weighted by Gasteiger charge is -2.20. The Kier molecular flexibility index (Phi) is 2.57. The molecule has 1 amide bonds. The highest BCUT2D eigenvalue weighted by Crippen LogP contribution is 2.30. The summed E-state index contributed by atoms with van der Waals surface area (Å²) in [6.07, 6.45) is 5.42. The molecule has 0 N–H and O–H groups in total. The molecule has 0 aromatic heterocycles. The van der Waals surface area contributed by atoms with Crippen LogP contribution in [0, 0.1) is 5.92 Å². The molecule has 0 saturated heterocycles. The van der Waals surface area contributed by atoms with E-state index in [0.29, 0.717) is 0 Å². The average molecular weight is 194 g/mol. The molecule has 2 atom stereocenters. The molecule has 0 aromatic rings. The molecule has 3 heteroatoms. The maximum Gasteiger partial charge on any atom is 0.251 e. The van der Waals surface area contributed by atoms with Gasteiger partial charge >= 0.3 is 0 Å². The second-order valence-electron chi connectivity index (χ2n) is 4.33. The van der Waals surface area contributed by atoms with Crippen LogP contribution in [-0.4, -0.2) is 22.7 Å². The van der Waals surface area contributed by atoms with Gasteiger partial charge in [-0.1, -0.05) is 13.3 Å². The van der Waals surface area contributed by atoms with Crippen molar-refractivity contribution in [2.45, 2.75) is 52.0 Å². The van der Waals surface area contributed by atoms with Gasteiger partial charge in [-0.25, -0.2) is 5.01 Å². The van der Waals surface area contributed by atoms with Gasteiger partial charge in [-0.05, 0) is 32.6 Å². The van der Waals surface area contributed by atoms with Crippen LogP contribution in [0.1, 0.15) is 46.0 Å². The van der Waals surface area contributed by atoms with Gasteiger partial charge in [-0.2, -0.15) is 5.10 Å². The van der Waals surface area contributed by atoms with E-state index in [4.69, 9.17) is 0 Å². The quantitative estimate of drug-likeness (QED) is 0.663. The third-order valence-corrected chi connectivity index (χ3v) is 3.35. The van der Waals surface area contributed by atoms with E-state index in [1.165, 1.54) is 12.8 Å². The number of hydrogen-bond acceptors (Lipinski definition) is 2. The van der Waals surface area contributed by atoms with E-state index >= 15 is 0 Å². The molecule has 0 spiro atoms. The Labute approximate surface area is 85.2 Å². The molecular formula is C11H18N2O. The first kappa shape index (κ1) is 9.69. The minimum absolute atomic E-state index is 0.137. The summed E-state index contributed by atoms with van der Waals surface area (Å²) < 4.78 is 0. The molecule has 0 bridgehead atoms. The molecule has 3 nitrogen and oxygen atoms in total.